The van der Waals surface area contributed by atoms with Gasteiger partial charge in [0.2, 0.25) is 11.9 Å². The summed E-state index contributed by atoms with van der Waals surface area (Å²) in [6, 6.07) is 57.9. The summed E-state index contributed by atoms with van der Waals surface area (Å²) in [6.45, 7) is 12.2. The molecule has 0 fully saturated rings. The molecule has 4 heterocycles. The molecular formula is C63H60N10O2. The first kappa shape index (κ1) is 49.7. The standard InChI is InChI=1S/C35H33N5O.C28H27N5O/c1-24-10-9-11-25(2)32(24)38-34(41)28-16-18-29(19-17-28)36-35-37-31-23-40(22-26-12-5-3-6-13-26)21-20-30(31)33(39-35)27-14-7-4-8-15-27;1-18-7-6-8-19(2)25(18)32-27(34)21-11-13-22(14-12-21)30-28-31-24-17-29-16-15-23(24)26(33-28)20-9-4-3-5-10-20/h3-19H,20-23H2,1-2H3,(H,38,41)(H,36,37,39);3-14,29H,15-17H2,1-2H3,(H,32,34)(H,30,31,33). The molecule has 11 rings (SSSR count). The summed E-state index contributed by atoms with van der Waals surface area (Å²) < 4.78 is 0. The van der Waals surface area contributed by atoms with E-state index in [0.29, 0.717) is 23.0 Å². The van der Waals surface area contributed by atoms with Crippen molar-refractivity contribution in [3.63, 3.8) is 0 Å². The summed E-state index contributed by atoms with van der Waals surface area (Å²) in [5, 5.41) is 16.2. The summed E-state index contributed by atoms with van der Waals surface area (Å²) >= 11 is 0. The molecule has 2 aromatic heterocycles. The van der Waals surface area contributed by atoms with Gasteiger partial charge in [-0.3, -0.25) is 14.5 Å². The van der Waals surface area contributed by atoms with Crippen LogP contribution in [0.3, 0.4) is 0 Å². The zero-order valence-corrected chi connectivity index (χ0v) is 42.7. The highest BCUT2D eigenvalue weighted by Crippen LogP contribution is 2.32. The summed E-state index contributed by atoms with van der Waals surface area (Å²) in [5.74, 6) is 0.834. The number of hydrogen-bond donors (Lipinski definition) is 5. The van der Waals surface area contributed by atoms with Gasteiger partial charge in [0.05, 0.1) is 22.8 Å². The molecule has 0 bridgehead atoms. The van der Waals surface area contributed by atoms with Gasteiger partial charge in [-0.25, -0.2) is 19.9 Å². The normalized spacial score (nSPS) is 12.8. The summed E-state index contributed by atoms with van der Waals surface area (Å²) in [6.07, 6.45) is 1.81. The van der Waals surface area contributed by atoms with Crippen LogP contribution >= 0.6 is 0 Å². The van der Waals surface area contributed by atoms with Crippen LogP contribution in [-0.4, -0.2) is 49.7 Å². The van der Waals surface area contributed by atoms with Gasteiger partial charge in [0.25, 0.3) is 11.8 Å². The molecule has 2 amide bonds. The Hall–Kier alpha value is -8.84. The van der Waals surface area contributed by atoms with Gasteiger partial charge in [-0.2, -0.15) is 0 Å². The van der Waals surface area contributed by atoms with E-state index < -0.39 is 0 Å². The number of carbonyl (C=O) groups excluding carboxylic acids is 2. The third-order valence-electron chi connectivity index (χ3n) is 13.7. The summed E-state index contributed by atoms with van der Waals surface area (Å²) in [7, 11) is 0. The van der Waals surface area contributed by atoms with Gasteiger partial charge in [-0.05, 0) is 123 Å². The second kappa shape index (κ2) is 22.9. The first-order chi connectivity index (χ1) is 36.6. The molecule has 0 saturated carbocycles. The van der Waals surface area contributed by atoms with E-state index in [-0.39, 0.29) is 11.8 Å². The van der Waals surface area contributed by atoms with E-state index in [0.717, 1.165) is 124 Å². The smallest absolute Gasteiger partial charge is 0.255 e. The minimum Gasteiger partial charge on any atom is -0.324 e. The van der Waals surface area contributed by atoms with Crippen molar-refractivity contribution >= 4 is 46.5 Å². The third kappa shape index (κ3) is 12.0. The number of rotatable bonds is 12. The molecule has 7 aromatic carbocycles. The monoisotopic (exact) mass is 988 g/mol. The predicted molar refractivity (Wildman–Crippen MR) is 302 cm³/mol. The topological polar surface area (TPSA) is 149 Å². The Balaban J connectivity index is 0.000000174. The molecule has 12 heteroatoms. The molecular weight excluding hydrogens is 929 g/mol. The third-order valence-corrected chi connectivity index (χ3v) is 13.7. The maximum Gasteiger partial charge on any atom is 0.255 e. The number of aryl methyl sites for hydroxylation is 4. The maximum absolute atomic E-state index is 13.0. The lowest BCUT2D eigenvalue weighted by molar-refractivity contribution is 0.101. The number of nitrogens with one attached hydrogen (secondary N) is 5. The van der Waals surface area contributed by atoms with Crippen molar-refractivity contribution in [1.82, 2.24) is 30.2 Å². The molecule has 0 saturated heterocycles. The first-order valence-corrected chi connectivity index (χ1v) is 25.5. The first-order valence-electron chi connectivity index (χ1n) is 25.5. The van der Waals surface area contributed by atoms with Crippen LogP contribution in [0.2, 0.25) is 0 Å². The van der Waals surface area contributed by atoms with Crippen molar-refractivity contribution in [2.75, 3.05) is 34.4 Å². The number of hydrogen-bond acceptors (Lipinski definition) is 10. The van der Waals surface area contributed by atoms with Gasteiger partial charge in [0.15, 0.2) is 0 Å². The van der Waals surface area contributed by atoms with Crippen LogP contribution in [0.1, 0.15) is 71.0 Å². The zero-order chi connectivity index (χ0) is 51.7. The van der Waals surface area contributed by atoms with E-state index >= 15 is 0 Å². The second-order valence-electron chi connectivity index (χ2n) is 19.1. The number of amides is 2. The fourth-order valence-electron chi connectivity index (χ4n) is 9.66. The van der Waals surface area contributed by atoms with Crippen LogP contribution in [0.25, 0.3) is 22.5 Å². The molecule has 0 unspecified atom stereocenters. The van der Waals surface area contributed by atoms with Gasteiger partial charge < -0.3 is 26.6 Å². The molecule has 5 N–H and O–H groups in total. The molecule has 0 radical (unpaired) electrons. The van der Waals surface area contributed by atoms with Gasteiger partial charge in [0.1, 0.15) is 0 Å². The number of benzene rings is 7. The number of anilines is 6. The molecule has 0 atom stereocenters. The van der Waals surface area contributed by atoms with Gasteiger partial charge in [0, 0.05) is 82.3 Å². The van der Waals surface area contributed by atoms with Crippen molar-refractivity contribution < 1.29 is 9.59 Å². The molecule has 12 nitrogen and oxygen atoms in total. The predicted octanol–water partition coefficient (Wildman–Crippen LogP) is 12.7. The number of para-hydroxylation sites is 2. The molecule has 9 aromatic rings. The van der Waals surface area contributed by atoms with Crippen molar-refractivity contribution in [2.24, 2.45) is 0 Å². The van der Waals surface area contributed by atoms with Crippen LogP contribution in [0.5, 0.6) is 0 Å². The van der Waals surface area contributed by atoms with Gasteiger partial charge >= 0.3 is 0 Å². The Kier molecular flexibility index (Phi) is 15.2. The number of fused-ring (bicyclic) bond motifs is 2. The largest absolute Gasteiger partial charge is 0.324 e. The average molecular weight is 989 g/mol. The Morgan fingerprint density at radius 1 is 0.493 bits per heavy atom. The van der Waals surface area contributed by atoms with Crippen LogP contribution < -0.4 is 26.6 Å². The highest BCUT2D eigenvalue weighted by molar-refractivity contribution is 6.06. The number of aromatic nitrogens is 4. The maximum atomic E-state index is 13.0. The van der Waals surface area contributed by atoms with Crippen LogP contribution in [0.4, 0.5) is 34.6 Å². The van der Waals surface area contributed by atoms with Crippen molar-refractivity contribution in [1.29, 1.82) is 0 Å². The quantitative estimate of drug-likeness (QED) is 0.0801. The van der Waals surface area contributed by atoms with Crippen molar-refractivity contribution in [2.45, 2.75) is 60.2 Å². The summed E-state index contributed by atoms with van der Waals surface area (Å²) in [4.78, 5) is 47.7. The SMILES string of the molecule is Cc1cccc(C)c1NC(=O)c1ccc(Nc2nc3c(c(-c4ccccc4)n2)CCN(Cc2ccccc2)C3)cc1.Cc1cccc(C)c1NC(=O)c1ccc(Nc2nc3c(c(-c4ccccc4)n2)CCNC3)cc1. The number of carbonyl (C=O) groups is 2. The lowest BCUT2D eigenvalue weighted by Gasteiger charge is -2.29. The Morgan fingerprint density at radius 3 is 1.41 bits per heavy atom. The minimum absolute atomic E-state index is 0.133. The average Bonchev–Trinajstić information content (AvgIpc) is 3.44. The zero-order valence-electron chi connectivity index (χ0n) is 42.7. The van der Waals surface area contributed by atoms with E-state index in [4.69, 9.17) is 19.9 Å². The van der Waals surface area contributed by atoms with E-state index in [1.807, 2.05) is 149 Å². The second-order valence-corrected chi connectivity index (χ2v) is 19.1. The van der Waals surface area contributed by atoms with Crippen molar-refractivity contribution in [3.8, 4) is 22.5 Å². The lowest BCUT2D eigenvalue weighted by atomic mass is 9.98. The van der Waals surface area contributed by atoms with Gasteiger partial charge in [-0.1, -0.05) is 127 Å². The molecule has 2 aliphatic heterocycles. The molecule has 75 heavy (non-hydrogen) atoms. The molecule has 0 spiro atoms. The van der Waals surface area contributed by atoms with Crippen LogP contribution in [0, 0.1) is 27.7 Å². The summed E-state index contributed by atoms with van der Waals surface area (Å²) in [5.41, 5.74) is 18.6. The Labute approximate surface area is 438 Å². The highest BCUT2D eigenvalue weighted by Gasteiger charge is 2.24. The fourth-order valence-corrected chi connectivity index (χ4v) is 9.66. The van der Waals surface area contributed by atoms with Crippen LogP contribution in [-0.2, 0) is 32.5 Å². The fraction of sp³-hybridized carbons (Fsp3) is 0.175. The van der Waals surface area contributed by atoms with Gasteiger partial charge in [-0.15, -0.1) is 0 Å². The van der Waals surface area contributed by atoms with E-state index in [9.17, 15) is 9.59 Å². The van der Waals surface area contributed by atoms with E-state index in [1.165, 1.54) is 16.7 Å². The molecule has 374 valence electrons. The number of nitrogens with zero attached hydrogens (tertiary/aromatic N) is 5. The van der Waals surface area contributed by atoms with Crippen LogP contribution in [0.15, 0.2) is 176 Å². The van der Waals surface area contributed by atoms with Crippen molar-refractivity contribution in [3.05, 3.63) is 237 Å². The lowest BCUT2D eigenvalue weighted by Crippen LogP contribution is -2.31. The van der Waals surface area contributed by atoms with E-state index in [1.54, 1.807) is 0 Å². The minimum atomic E-state index is -0.135. The Bertz CT molecular complexity index is 3420. The molecule has 2 aliphatic rings. The van der Waals surface area contributed by atoms with E-state index in [2.05, 4.69) is 86.1 Å². The molecule has 0 aliphatic carbocycles. The Morgan fingerprint density at radius 2 is 0.933 bits per heavy atom. The highest BCUT2D eigenvalue weighted by atomic mass is 16.2.